The zero-order chi connectivity index (χ0) is 11.4. The van der Waals surface area contributed by atoms with Gasteiger partial charge in [-0.2, -0.15) is 0 Å². The maximum Gasteiger partial charge on any atom is 0.219 e. The van der Waals surface area contributed by atoms with E-state index in [9.17, 15) is 0 Å². The van der Waals surface area contributed by atoms with Crippen LogP contribution in [0.5, 0.6) is 0 Å². The van der Waals surface area contributed by atoms with E-state index in [1.54, 1.807) is 0 Å². The van der Waals surface area contributed by atoms with Crippen LogP contribution in [-0.2, 0) is 11.3 Å². The lowest BCUT2D eigenvalue weighted by Crippen LogP contribution is -2.41. The molecule has 1 atom stereocenters. The molecule has 6 nitrogen and oxygen atoms in total. The topological polar surface area (TPSA) is 76.3 Å². The molecule has 0 amide bonds. The fourth-order valence-electron chi connectivity index (χ4n) is 1.74. The average Bonchev–Trinajstić information content (AvgIpc) is 2.77. The number of nitrogens with one attached hydrogen (secondary N) is 1. The highest BCUT2D eigenvalue weighted by Gasteiger charge is 2.20. The summed E-state index contributed by atoms with van der Waals surface area (Å²) >= 11 is 1.49. The third kappa shape index (κ3) is 2.88. The summed E-state index contributed by atoms with van der Waals surface area (Å²) in [5.74, 6) is 5.26. The van der Waals surface area contributed by atoms with Crippen LogP contribution in [0, 0.1) is 0 Å². The molecule has 1 aromatic rings. The quantitative estimate of drug-likeness (QED) is 0.590. The fourth-order valence-corrected chi connectivity index (χ4v) is 2.43. The standard InChI is InChI=1S/C9H17N5OS/c1-2-7-5-14(3-4-15-7)6-8-12-13-9(11-10)16-8/h7H,2-6,10H2,1H3,(H,11,13). The lowest BCUT2D eigenvalue weighted by molar-refractivity contribution is -0.0325. The summed E-state index contributed by atoms with van der Waals surface area (Å²) in [6.45, 7) is 5.72. The maximum absolute atomic E-state index is 5.61. The number of hydrogen-bond acceptors (Lipinski definition) is 7. The number of morpholine rings is 1. The first-order chi connectivity index (χ1) is 7.81. The highest BCUT2D eigenvalue weighted by molar-refractivity contribution is 7.15. The summed E-state index contributed by atoms with van der Waals surface area (Å²) in [5, 5.41) is 9.64. The van der Waals surface area contributed by atoms with Gasteiger partial charge < -0.3 is 4.74 Å². The van der Waals surface area contributed by atoms with Gasteiger partial charge in [0.15, 0.2) is 0 Å². The van der Waals surface area contributed by atoms with Crippen molar-refractivity contribution in [2.24, 2.45) is 5.84 Å². The number of ether oxygens (including phenoxy) is 1. The van der Waals surface area contributed by atoms with Crippen molar-refractivity contribution in [3.63, 3.8) is 0 Å². The van der Waals surface area contributed by atoms with Gasteiger partial charge in [-0.15, -0.1) is 10.2 Å². The van der Waals surface area contributed by atoms with Crippen LogP contribution in [0.1, 0.15) is 18.4 Å². The fraction of sp³-hybridized carbons (Fsp3) is 0.778. The highest BCUT2D eigenvalue weighted by Crippen LogP contribution is 2.17. The van der Waals surface area contributed by atoms with Gasteiger partial charge in [0.05, 0.1) is 19.3 Å². The van der Waals surface area contributed by atoms with Gasteiger partial charge >= 0.3 is 0 Å². The molecule has 2 rings (SSSR count). The summed E-state index contributed by atoms with van der Waals surface area (Å²) in [7, 11) is 0. The summed E-state index contributed by atoms with van der Waals surface area (Å²) < 4.78 is 5.61. The zero-order valence-electron chi connectivity index (χ0n) is 9.35. The van der Waals surface area contributed by atoms with E-state index in [0.717, 1.165) is 37.7 Å². The predicted octanol–water partition coefficient (Wildman–Crippen LogP) is 0.434. The normalized spacial score (nSPS) is 22.2. The number of nitrogens with two attached hydrogens (primary N) is 1. The van der Waals surface area contributed by atoms with Gasteiger partial charge in [0.25, 0.3) is 0 Å². The molecular formula is C9H17N5OS. The van der Waals surface area contributed by atoms with Gasteiger partial charge in [0.2, 0.25) is 5.13 Å². The zero-order valence-corrected chi connectivity index (χ0v) is 10.2. The largest absolute Gasteiger partial charge is 0.376 e. The van der Waals surface area contributed by atoms with Crippen LogP contribution in [0.2, 0.25) is 0 Å². The molecule has 1 saturated heterocycles. The first-order valence-corrected chi connectivity index (χ1v) is 6.26. The van der Waals surface area contributed by atoms with E-state index in [0.29, 0.717) is 11.2 Å². The Balaban J connectivity index is 1.88. The van der Waals surface area contributed by atoms with Crippen molar-refractivity contribution in [3.8, 4) is 0 Å². The van der Waals surface area contributed by atoms with Gasteiger partial charge in [-0.25, -0.2) is 5.84 Å². The Hall–Kier alpha value is -0.760. The number of nitrogens with zero attached hydrogens (tertiary/aromatic N) is 3. The van der Waals surface area contributed by atoms with Crippen LogP contribution in [-0.4, -0.2) is 40.9 Å². The predicted molar refractivity (Wildman–Crippen MR) is 63.0 cm³/mol. The van der Waals surface area contributed by atoms with Crippen molar-refractivity contribution in [1.82, 2.24) is 15.1 Å². The molecule has 0 spiro atoms. The Labute approximate surface area is 98.8 Å². The van der Waals surface area contributed by atoms with E-state index in [-0.39, 0.29) is 0 Å². The summed E-state index contributed by atoms with van der Waals surface area (Å²) in [5.41, 5.74) is 2.51. The number of rotatable bonds is 4. The summed E-state index contributed by atoms with van der Waals surface area (Å²) in [4.78, 5) is 2.35. The Bertz CT molecular complexity index is 331. The molecule has 7 heteroatoms. The van der Waals surface area contributed by atoms with Crippen molar-refractivity contribution in [2.75, 3.05) is 25.1 Å². The number of nitrogen functional groups attached to an aromatic ring is 1. The van der Waals surface area contributed by atoms with E-state index < -0.39 is 0 Å². The first-order valence-electron chi connectivity index (χ1n) is 5.44. The third-order valence-corrected chi connectivity index (χ3v) is 3.47. The minimum absolute atomic E-state index is 0.355. The second-order valence-electron chi connectivity index (χ2n) is 3.78. The molecule has 0 saturated carbocycles. The minimum atomic E-state index is 0.355. The Kier molecular flexibility index (Phi) is 4.05. The van der Waals surface area contributed by atoms with Gasteiger partial charge in [0.1, 0.15) is 5.01 Å². The van der Waals surface area contributed by atoms with Gasteiger partial charge in [-0.1, -0.05) is 18.3 Å². The Morgan fingerprint density at radius 2 is 2.50 bits per heavy atom. The monoisotopic (exact) mass is 243 g/mol. The summed E-state index contributed by atoms with van der Waals surface area (Å²) in [6.07, 6.45) is 1.41. The van der Waals surface area contributed by atoms with Gasteiger partial charge in [-0.3, -0.25) is 10.3 Å². The number of aromatic nitrogens is 2. The van der Waals surface area contributed by atoms with Crippen LogP contribution in [0.25, 0.3) is 0 Å². The van der Waals surface area contributed by atoms with E-state index in [2.05, 4.69) is 27.4 Å². The Morgan fingerprint density at radius 1 is 1.62 bits per heavy atom. The van der Waals surface area contributed by atoms with E-state index >= 15 is 0 Å². The highest BCUT2D eigenvalue weighted by atomic mass is 32.1. The van der Waals surface area contributed by atoms with Crippen LogP contribution in [0.4, 0.5) is 5.13 Å². The summed E-state index contributed by atoms with van der Waals surface area (Å²) in [6, 6.07) is 0. The lowest BCUT2D eigenvalue weighted by atomic mass is 10.2. The lowest BCUT2D eigenvalue weighted by Gasteiger charge is -2.31. The van der Waals surface area contributed by atoms with Crippen molar-refractivity contribution in [3.05, 3.63) is 5.01 Å². The number of hydrogen-bond donors (Lipinski definition) is 2. The minimum Gasteiger partial charge on any atom is -0.376 e. The molecular weight excluding hydrogens is 226 g/mol. The molecule has 90 valence electrons. The van der Waals surface area contributed by atoms with Crippen molar-refractivity contribution < 1.29 is 4.74 Å². The smallest absolute Gasteiger partial charge is 0.219 e. The molecule has 0 aliphatic carbocycles. The van der Waals surface area contributed by atoms with Crippen LogP contribution >= 0.6 is 11.3 Å². The van der Waals surface area contributed by atoms with Crippen molar-refractivity contribution >= 4 is 16.5 Å². The van der Waals surface area contributed by atoms with Crippen LogP contribution < -0.4 is 11.3 Å². The number of anilines is 1. The van der Waals surface area contributed by atoms with E-state index in [1.165, 1.54) is 11.3 Å². The Morgan fingerprint density at radius 3 is 3.19 bits per heavy atom. The second-order valence-corrected chi connectivity index (χ2v) is 4.84. The number of hydrazine groups is 1. The van der Waals surface area contributed by atoms with Crippen molar-refractivity contribution in [1.29, 1.82) is 0 Å². The molecule has 1 aliphatic rings. The molecule has 1 aliphatic heterocycles. The molecule has 16 heavy (non-hydrogen) atoms. The van der Waals surface area contributed by atoms with E-state index in [4.69, 9.17) is 10.6 Å². The second kappa shape index (κ2) is 5.53. The molecule has 0 radical (unpaired) electrons. The molecule has 1 fully saturated rings. The van der Waals surface area contributed by atoms with Crippen molar-refractivity contribution in [2.45, 2.75) is 26.0 Å². The van der Waals surface area contributed by atoms with Gasteiger partial charge in [-0.05, 0) is 6.42 Å². The molecule has 1 aromatic heterocycles. The first kappa shape index (κ1) is 11.7. The molecule has 2 heterocycles. The average molecular weight is 243 g/mol. The molecule has 0 aromatic carbocycles. The van der Waals surface area contributed by atoms with Crippen LogP contribution in [0.15, 0.2) is 0 Å². The van der Waals surface area contributed by atoms with Crippen LogP contribution in [0.3, 0.4) is 0 Å². The third-order valence-electron chi connectivity index (χ3n) is 2.63. The maximum atomic E-state index is 5.61. The van der Waals surface area contributed by atoms with Gasteiger partial charge in [0, 0.05) is 13.1 Å². The molecule has 3 N–H and O–H groups in total. The molecule has 0 bridgehead atoms. The SMILES string of the molecule is CCC1CN(Cc2nnc(NN)s2)CCO1. The van der Waals surface area contributed by atoms with E-state index in [1.807, 2.05) is 0 Å². The molecule has 1 unspecified atom stereocenters.